The number of halogens is 2. The lowest BCUT2D eigenvalue weighted by Crippen LogP contribution is -2.24. The van der Waals surface area contributed by atoms with Gasteiger partial charge < -0.3 is 10.1 Å². The van der Waals surface area contributed by atoms with E-state index in [0.29, 0.717) is 38.2 Å². The number of fused-ring (bicyclic) bond motifs is 1. The van der Waals surface area contributed by atoms with Gasteiger partial charge in [0, 0.05) is 11.9 Å². The van der Waals surface area contributed by atoms with E-state index in [4.69, 9.17) is 16.3 Å². The number of hydrogen-bond acceptors (Lipinski definition) is 9. The molecular weight excluding hydrogens is 635 g/mol. The van der Waals surface area contributed by atoms with E-state index in [2.05, 4.69) is 31.8 Å². The molecule has 14 heteroatoms. The second-order valence-electron chi connectivity index (χ2n) is 9.11. The molecule has 0 aliphatic rings. The Kier molecular flexibility index (Phi) is 8.95. The van der Waals surface area contributed by atoms with Crippen LogP contribution in [0.3, 0.4) is 0 Å². The summed E-state index contributed by atoms with van der Waals surface area (Å²) >= 11 is 7.75. The Balaban J connectivity index is 1.24. The van der Waals surface area contributed by atoms with Crippen LogP contribution < -0.4 is 14.8 Å². The number of aromatic nitrogens is 2. The van der Waals surface area contributed by atoms with Crippen LogP contribution in [-0.2, 0) is 26.5 Å². The van der Waals surface area contributed by atoms with Crippen molar-refractivity contribution in [3.63, 3.8) is 0 Å². The molecule has 0 radical (unpaired) electrons. The lowest BCUT2D eigenvalue weighted by atomic mass is 10.2. The number of benzene rings is 3. The number of thiophene rings is 1. The maximum atomic E-state index is 13.4. The molecule has 0 amide bonds. The third-order valence-corrected chi connectivity index (χ3v) is 9.80. The van der Waals surface area contributed by atoms with Crippen LogP contribution in [0, 0.1) is 17.7 Å². The van der Waals surface area contributed by atoms with E-state index >= 15 is 0 Å². The molecule has 0 aliphatic heterocycles. The molecule has 220 valence electrons. The summed E-state index contributed by atoms with van der Waals surface area (Å²) in [6, 6.07) is 18.0. The topological polar surface area (TPSA) is 127 Å². The van der Waals surface area contributed by atoms with Gasteiger partial charge in [-0.25, -0.2) is 31.2 Å². The molecule has 0 spiro atoms. The number of sulfonamides is 1. The first kappa shape index (κ1) is 30.4. The van der Waals surface area contributed by atoms with Crippen LogP contribution in [-0.4, -0.2) is 39.6 Å². The molecule has 2 N–H and O–H groups in total. The first-order valence-electron chi connectivity index (χ1n) is 12.4. The van der Waals surface area contributed by atoms with Gasteiger partial charge in [0.05, 0.1) is 36.5 Å². The molecule has 5 rings (SSSR count). The van der Waals surface area contributed by atoms with Gasteiger partial charge in [-0.05, 0) is 66.2 Å². The molecule has 2 heterocycles. The van der Waals surface area contributed by atoms with Crippen LogP contribution in [0.5, 0.6) is 5.75 Å². The van der Waals surface area contributed by atoms with E-state index in [0.717, 1.165) is 11.0 Å². The normalized spacial score (nSPS) is 11.6. The van der Waals surface area contributed by atoms with E-state index in [1.165, 1.54) is 54.1 Å². The minimum Gasteiger partial charge on any atom is -0.487 e. The standard InChI is InChI=1S/C29H22ClFN4O5S3/c1-42(36,37)23-8-10-24(11-9-23)43(38,39)34-13-3-6-22-16-26-28(41-22)29(33-18-32-26)35-21-7-12-27(25(30)15-21)40-17-19-4-2-5-20(31)14-19/h2,4-5,7-12,14-16,18,34H,13,17H2,1H3,(H,32,33,35). The van der Waals surface area contributed by atoms with Crippen LogP contribution >= 0.6 is 22.9 Å². The highest BCUT2D eigenvalue weighted by Crippen LogP contribution is 2.33. The lowest BCUT2D eigenvalue weighted by Gasteiger charge is -2.11. The molecule has 0 atom stereocenters. The number of rotatable bonds is 9. The van der Waals surface area contributed by atoms with Crippen molar-refractivity contribution in [1.29, 1.82) is 0 Å². The zero-order valence-corrected chi connectivity index (χ0v) is 25.5. The van der Waals surface area contributed by atoms with Gasteiger partial charge in [-0.2, -0.15) is 4.72 Å². The molecule has 9 nitrogen and oxygen atoms in total. The summed E-state index contributed by atoms with van der Waals surface area (Å²) in [6.45, 7) is 0.00302. The average Bonchev–Trinajstić information content (AvgIpc) is 3.39. The van der Waals surface area contributed by atoms with Crippen molar-refractivity contribution in [2.75, 3.05) is 18.1 Å². The molecular formula is C29H22ClFN4O5S3. The van der Waals surface area contributed by atoms with Crippen LogP contribution in [0.2, 0.25) is 5.02 Å². The van der Waals surface area contributed by atoms with Gasteiger partial charge in [0.2, 0.25) is 10.0 Å². The lowest BCUT2D eigenvalue weighted by molar-refractivity contribution is 0.306. The fourth-order valence-corrected chi connectivity index (χ4v) is 6.56. The molecule has 0 bridgehead atoms. The van der Waals surface area contributed by atoms with E-state index in [-0.39, 0.29) is 28.8 Å². The van der Waals surface area contributed by atoms with Crippen molar-refractivity contribution in [1.82, 2.24) is 14.7 Å². The van der Waals surface area contributed by atoms with Gasteiger partial charge in [0.15, 0.2) is 15.7 Å². The van der Waals surface area contributed by atoms with Gasteiger partial charge >= 0.3 is 0 Å². The highest BCUT2D eigenvalue weighted by Gasteiger charge is 2.15. The summed E-state index contributed by atoms with van der Waals surface area (Å²) in [7, 11) is -7.32. The Morgan fingerprint density at radius 3 is 2.47 bits per heavy atom. The highest BCUT2D eigenvalue weighted by molar-refractivity contribution is 7.90. The highest BCUT2D eigenvalue weighted by atomic mass is 35.5. The molecule has 0 saturated heterocycles. The summed E-state index contributed by atoms with van der Waals surface area (Å²) in [5.74, 6) is 6.35. The second-order valence-corrected chi connectivity index (χ2v) is 14.3. The summed E-state index contributed by atoms with van der Waals surface area (Å²) in [5.41, 5.74) is 1.99. The van der Waals surface area contributed by atoms with Gasteiger partial charge in [0.1, 0.15) is 24.5 Å². The third-order valence-electron chi connectivity index (χ3n) is 5.91. The Hall–Kier alpha value is -4.06. The number of nitrogens with one attached hydrogen (secondary N) is 2. The number of anilines is 2. The Morgan fingerprint density at radius 2 is 1.74 bits per heavy atom. The smallest absolute Gasteiger partial charge is 0.241 e. The van der Waals surface area contributed by atoms with Gasteiger partial charge in [-0.3, -0.25) is 0 Å². The largest absolute Gasteiger partial charge is 0.487 e. The first-order valence-corrected chi connectivity index (χ1v) is 17.0. The number of sulfone groups is 1. The Labute approximate surface area is 256 Å². The SMILES string of the molecule is CS(=O)(=O)c1ccc(S(=O)(=O)NCC#Cc2cc3ncnc(Nc4ccc(OCc5cccc(F)c5)c(Cl)c4)c3s2)cc1. The van der Waals surface area contributed by atoms with Crippen molar-refractivity contribution < 1.29 is 26.0 Å². The van der Waals surface area contributed by atoms with Gasteiger partial charge in [-0.15, -0.1) is 11.3 Å². The molecule has 0 aliphatic carbocycles. The van der Waals surface area contributed by atoms with E-state index in [9.17, 15) is 21.2 Å². The molecule has 5 aromatic rings. The summed E-state index contributed by atoms with van der Waals surface area (Å²) < 4.78 is 70.6. The fourth-order valence-electron chi connectivity index (χ4n) is 3.84. The maximum Gasteiger partial charge on any atom is 0.241 e. The fraction of sp³-hybridized carbons (Fsp3) is 0.103. The van der Waals surface area contributed by atoms with Gasteiger partial charge in [0.25, 0.3) is 0 Å². The van der Waals surface area contributed by atoms with Crippen molar-refractivity contribution in [2.24, 2.45) is 0 Å². The van der Waals surface area contributed by atoms with Crippen LogP contribution in [0.4, 0.5) is 15.9 Å². The van der Waals surface area contributed by atoms with Crippen LogP contribution in [0.1, 0.15) is 10.4 Å². The van der Waals surface area contributed by atoms with Crippen molar-refractivity contribution >= 4 is 64.5 Å². The average molecular weight is 657 g/mol. The maximum absolute atomic E-state index is 13.4. The molecule has 2 aromatic heterocycles. The number of hydrogen-bond donors (Lipinski definition) is 2. The van der Waals surface area contributed by atoms with Crippen LogP contribution in [0.15, 0.2) is 88.9 Å². The minimum absolute atomic E-state index is 0.0275. The van der Waals surface area contributed by atoms with Crippen molar-refractivity contribution in [3.05, 3.63) is 100 Å². The van der Waals surface area contributed by atoms with Crippen LogP contribution in [0.25, 0.3) is 10.2 Å². The summed E-state index contributed by atoms with van der Waals surface area (Å²) in [6.07, 6.45) is 2.46. The zero-order chi connectivity index (χ0) is 30.6. The molecule has 43 heavy (non-hydrogen) atoms. The van der Waals surface area contributed by atoms with Gasteiger partial charge in [-0.1, -0.05) is 35.6 Å². The van der Waals surface area contributed by atoms with E-state index < -0.39 is 19.9 Å². The Morgan fingerprint density at radius 1 is 0.977 bits per heavy atom. The monoisotopic (exact) mass is 656 g/mol. The minimum atomic E-state index is -3.88. The quantitative estimate of drug-likeness (QED) is 0.198. The number of nitrogens with zero attached hydrogens (tertiary/aromatic N) is 2. The van der Waals surface area contributed by atoms with Crippen molar-refractivity contribution in [3.8, 4) is 17.6 Å². The van der Waals surface area contributed by atoms with E-state index in [1.54, 1.807) is 36.4 Å². The molecule has 0 fully saturated rings. The molecule has 3 aromatic carbocycles. The number of ether oxygens (including phenoxy) is 1. The van der Waals surface area contributed by atoms with E-state index in [1.807, 2.05) is 0 Å². The predicted molar refractivity (Wildman–Crippen MR) is 164 cm³/mol. The Bertz CT molecular complexity index is 2090. The third kappa shape index (κ3) is 7.67. The van der Waals surface area contributed by atoms with Crippen molar-refractivity contribution in [2.45, 2.75) is 16.4 Å². The first-order chi connectivity index (χ1) is 20.5. The zero-order valence-electron chi connectivity index (χ0n) is 22.3. The molecule has 0 unspecified atom stereocenters. The molecule has 0 saturated carbocycles. The summed E-state index contributed by atoms with van der Waals surface area (Å²) in [5, 5.41) is 3.58. The predicted octanol–water partition coefficient (Wildman–Crippen LogP) is 5.54. The second kappa shape index (κ2) is 12.7. The summed E-state index contributed by atoms with van der Waals surface area (Å²) in [4.78, 5) is 9.23.